The van der Waals surface area contributed by atoms with Crippen molar-refractivity contribution in [2.24, 2.45) is 7.05 Å². The summed E-state index contributed by atoms with van der Waals surface area (Å²) in [5.41, 5.74) is 0.609. The maximum atomic E-state index is 8.66. The van der Waals surface area contributed by atoms with Gasteiger partial charge < -0.3 is 9.30 Å². The molecule has 86 valence electrons. The van der Waals surface area contributed by atoms with E-state index in [0.29, 0.717) is 23.1 Å². The number of nitrogens with zero attached hydrogens (tertiary/aromatic N) is 3. The topological polar surface area (TPSA) is 50.8 Å². The number of aromatic nitrogens is 2. The standard InChI is InChI=1S/C12H10ClN3O/c1-16-11(13)7-15-12(16)8-17-10-4-2-9(6-14)3-5-10/h2-5,7H,8H2,1H3. The molecule has 2 aromatic rings. The number of halogens is 1. The molecule has 0 fully saturated rings. The van der Waals surface area contributed by atoms with Crippen LogP contribution in [0.4, 0.5) is 0 Å². The first-order valence-electron chi connectivity index (χ1n) is 5.00. The van der Waals surface area contributed by atoms with Crippen molar-refractivity contribution < 1.29 is 4.74 Å². The average molecular weight is 248 g/mol. The molecule has 0 unspecified atom stereocenters. The van der Waals surface area contributed by atoms with Gasteiger partial charge in [0.1, 0.15) is 23.3 Å². The number of hydrogen-bond donors (Lipinski definition) is 0. The number of imidazole rings is 1. The largest absolute Gasteiger partial charge is 0.486 e. The monoisotopic (exact) mass is 247 g/mol. The van der Waals surface area contributed by atoms with E-state index < -0.39 is 0 Å². The second kappa shape index (κ2) is 4.89. The summed E-state index contributed by atoms with van der Waals surface area (Å²) in [4.78, 5) is 4.12. The van der Waals surface area contributed by atoms with Crippen LogP contribution in [0.25, 0.3) is 0 Å². The average Bonchev–Trinajstić information content (AvgIpc) is 2.68. The van der Waals surface area contributed by atoms with Gasteiger partial charge in [0.05, 0.1) is 17.8 Å². The Morgan fingerprint density at radius 3 is 2.65 bits per heavy atom. The van der Waals surface area contributed by atoms with E-state index in [0.717, 1.165) is 5.82 Å². The first-order valence-corrected chi connectivity index (χ1v) is 5.37. The highest BCUT2D eigenvalue weighted by Crippen LogP contribution is 2.15. The molecule has 0 aliphatic heterocycles. The van der Waals surface area contributed by atoms with Crippen LogP contribution in [-0.2, 0) is 13.7 Å². The summed E-state index contributed by atoms with van der Waals surface area (Å²) < 4.78 is 7.29. The van der Waals surface area contributed by atoms with Crippen molar-refractivity contribution >= 4 is 11.6 Å². The van der Waals surface area contributed by atoms with Crippen LogP contribution in [0.1, 0.15) is 11.4 Å². The van der Waals surface area contributed by atoms with E-state index >= 15 is 0 Å². The van der Waals surface area contributed by atoms with Crippen LogP contribution in [0.2, 0.25) is 5.15 Å². The fourth-order valence-corrected chi connectivity index (χ4v) is 1.48. The number of hydrogen-bond acceptors (Lipinski definition) is 3. The van der Waals surface area contributed by atoms with E-state index in [2.05, 4.69) is 11.1 Å². The molecule has 0 N–H and O–H groups in total. The van der Waals surface area contributed by atoms with Gasteiger partial charge in [-0.1, -0.05) is 11.6 Å². The molecule has 2 rings (SSSR count). The minimum atomic E-state index is 0.342. The summed E-state index contributed by atoms with van der Waals surface area (Å²) in [7, 11) is 1.83. The number of benzene rings is 1. The van der Waals surface area contributed by atoms with Crippen LogP contribution in [-0.4, -0.2) is 9.55 Å². The summed E-state index contributed by atoms with van der Waals surface area (Å²) in [6, 6.07) is 8.98. The molecule has 0 spiro atoms. The highest BCUT2D eigenvalue weighted by molar-refractivity contribution is 6.29. The normalized spacial score (nSPS) is 9.94. The molecular formula is C12H10ClN3O. The number of ether oxygens (including phenoxy) is 1. The maximum Gasteiger partial charge on any atom is 0.147 e. The highest BCUT2D eigenvalue weighted by atomic mass is 35.5. The molecule has 0 saturated carbocycles. The zero-order valence-corrected chi connectivity index (χ0v) is 9.98. The summed E-state index contributed by atoms with van der Waals surface area (Å²) in [6.45, 7) is 0.342. The van der Waals surface area contributed by atoms with Crippen LogP contribution in [0.15, 0.2) is 30.5 Å². The SMILES string of the molecule is Cn1c(Cl)cnc1COc1ccc(C#N)cc1. The van der Waals surface area contributed by atoms with Crippen molar-refractivity contribution in [2.45, 2.75) is 6.61 Å². The molecular weight excluding hydrogens is 238 g/mol. The molecule has 0 bridgehead atoms. The first-order chi connectivity index (χ1) is 8.20. The molecule has 0 saturated heterocycles. The molecule has 0 atom stereocenters. The van der Waals surface area contributed by atoms with Crippen molar-refractivity contribution in [1.82, 2.24) is 9.55 Å². The van der Waals surface area contributed by atoms with Crippen LogP contribution >= 0.6 is 11.6 Å². The van der Waals surface area contributed by atoms with Crippen LogP contribution in [0.5, 0.6) is 5.75 Å². The summed E-state index contributed by atoms with van der Waals surface area (Å²) in [5, 5.41) is 9.23. The van der Waals surface area contributed by atoms with Gasteiger partial charge in [-0.3, -0.25) is 0 Å². The third-order valence-corrected chi connectivity index (χ3v) is 2.73. The van der Waals surface area contributed by atoms with E-state index in [1.54, 1.807) is 35.0 Å². The quantitative estimate of drug-likeness (QED) is 0.838. The Morgan fingerprint density at radius 2 is 2.12 bits per heavy atom. The lowest BCUT2D eigenvalue weighted by Gasteiger charge is -2.06. The Hall–Kier alpha value is -1.99. The van der Waals surface area contributed by atoms with Gasteiger partial charge >= 0.3 is 0 Å². The Kier molecular flexibility index (Phi) is 3.31. The van der Waals surface area contributed by atoms with Crippen molar-refractivity contribution in [3.8, 4) is 11.8 Å². The van der Waals surface area contributed by atoms with Gasteiger partial charge in [-0.05, 0) is 24.3 Å². The lowest BCUT2D eigenvalue weighted by molar-refractivity contribution is 0.292. The third-order valence-electron chi connectivity index (χ3n) is 2.38. The molecule has 0 amide bonds. The zero-order valence-electron chi connectivity index (χ0n) is 9.22. The fraction of sp³-hybridized carbons (Fsp3) is 0.167. The predicted molar refractivity (Wildman–Crippen MR) is 63.7 cm³/mol. The van der Waals surface area contributed by atoms with Crippen LogP contribution < -0.4 is 4.74 Å². The van der Waals surface area contributed by atoms with E-state index in [-0.39, 0.29) is 0 Å². The lowest BCUT2D eigenvalue weighted by Crippen LogP contribution is -2.03. The zero-order chi connectivity index (χ0) is 12.3. The minimum Gasteiger partial charge on any atom is -0.486 e. The van der Waals surface area contributed by atoms with E-state index in [4.69, 9.17) is 21.6 Å². The Morgan fingerprint density at radius 1 is 1.41 bits per heavy atom. The fourth-order valence-electron chi connectivity index (χ4n) is 1.33. The van der Waals surface area contributed by atoms with Gasteiger partial charge in [0.25, 0.3) is 0 Å². The van der Waals surface area contributed by atoms with Gasteiger partial charge in [0.15, 0.2) is 0 Å². The second-order valence-electron chi connectivity index (χ2n) is 3.48. The summed E-state index contributed by atoms with van der Waals surface area (Å²) in [6.07, 6.45) is 1.58. The molecule has 1 aromatic heterocycles. The van der Waals surface area contributed by atoms with E-state index in [9.17, 15) is 0 Å². The molecule has 1 heterocycles. The van der Waals surface area contributed by atoms with Gasteiger partial charge in [-0.15, -0.1) is 0 Å². The van der Waals surface area contributed by atoms with Crippen LogP contribution in [0.3, 0.4) is 0 Å². The van der Waals surface area contributed by atoms with Crippen molar-refractivity contribution in [3.05, 3.63) is 47.0 Å². The smallest absolute Gasteiger partial charge is 0.147 e. The Bertz CT molecular complexity index is 554. The van der Waals surface area contributed by atoms with Gasteiger partial charge in [-0.25, -0.2) is 4.98 Å². The summed E-state index contributed by atoms with van der Waals surface area (Å²) in [5.74, 6) is 1.45. The highest BCUT2D eigenvalue weighted by Gasteiger charge is 2.04. The second-order valence-corrected chi connectivity index (χ2v) is 3.87. The molecule has 4 nitrogen and oxygen atoms in total. The van der Waals surface area contributed by atoms with E-state index in [1.165, 1.54) is 0 Å². The number of rotatable bonds is 3. The Labute approximate surface area is 104 Å². The summed E-state index contributed by atoms with van der Waals surface area (Å²) >= 11 is 5.86. The van der Waals surface area contributed by atoms with Crippen molar-refractivity contribution in [2.75, 3.05) is 0 Å². The Balaban J connectivity index is 2.03. The predicted octanol–water partition coefficient (Wildman–Crippen LogP) is 2.52. The van der Waals surface area contributed by atoms with Gasteiger partial charge in [0, 0.05) is 7.05 Å². The first kappa shape index (κ1) is 11.5. The minimum absolute atomic E-state index is 0.342. The number of nitriles is 1. The van der Waals surface area contributed by atoms with Crippen molar-refractivity contribution in [1.29, 1.82) is 5.26 Å². The molecule has 0 aliphatic carbocycles. The molecule has 5 heteroatoms. The molecule has 0 radical (unpaired) electrons. The lowest BCUT2D eigenvalue weighted by atomic mass is 10.2. The van der Waals surface area contributed by atoms with Crippen molar-refractivity contribution in [3.63, 3.8) is 0 Å². The molecule has 1 aromatic carbocycles. The maximum absolute atomic E-state index is 8.66. The van der Waals surface area contributed by atoms with Crippen LogP contribution in [0, 0.1) is 11.3 Å². The molecule has 0 aliphatic rings. The third kappa shape index (κ3) is 2.58. The van der Waals surface area contributed by atoms with Gasteiger partial charge in [0.2, 0.25) is 0 Å². The van der Waals surface area contributed by atoms with E-state index in [1.807, 2.05) is 7.05 Å². The van der Waals surface area contributed by atoms with Gasteiger partial charge in [-0.2, -0.15) is 5.26 Å². The molecule has 17 heavy (non-hydrogen) atoms.